The monoisotopic (exact) mass is 209 g/mol. The summed E-state index contributed by atoms with van der Waals surface area (Å²) in [7, 11) is 0. The van der Waals surface area contributed by atoms with E-state index in [0.29, 0.717) is 5.56 Å². The summed E-state index contributed by atoms with van der Waals surface area (Å²) in [5.41, 5.74) is 3.45. The van der Waals surface area contributed by atoms with Crippen LogP contribution in [0.5, 0.6) is 0 Å². The molecule has 0 fully saturated rings. The topological polar surface area (TPSA) is 17.1 Å². The average molecular weight is 209 g/mol. The lowest BCUT2D eigenvalue weighted by atomic mass is 9.98. The van der Waals surface area contributed by atoms with Crippen LogP contribution in [0.25, 0.3) is 0 Å². The van der Waals surface area contributed by atoms with E-state index < -0.39 is 0 Å². The molecular weight excluding hydrogens is 196 g/mol. The number of hydrogen-bond donors (Lipinski definition) is 0. The minimum Gasteiger partial charge on any atom is -0.289 e. The highest BCUT2D eigenvalue weighted by molar-refractivity contribution is 6.09. The molecule has 0 bridgehead atoms. The second-order valence-electron chi connectivity index (χ2n) is 3.93. The van der Waals surface area contributed by atoms with Crippen molar-refractivity contribution in [1.29, 1.82) is 0 Å². The summed E-state index contributed by atoms with van der Waals surface area (Å²) >= 11 is 0. The van der Waals surface area contributed by atoms with E-state index in [-0.39, 0.29) is 5.78 Å². The predicted molar refractivity (Wildman–Crippen MR) is 64.6 cm³/mol. The van der Waals surface area contributed by atoms with Gasteiger partial charge in [0.1, 0.15) is 0 Å². The van der Waals surface area contributed by atoms with E-state index in [1.807, 2.05) is 50.2 Å². The van der Waals surface area contributed by atoms with Gasteiger partial charge in [-0.1, -0.05) is 42.0 Å². The molecule has 0 heterocycles. The third-order valence-electron chi connectivity index (χ3n) is 2.57. The number of aryl methyl sites for hydroxylation is 2. The van der Waals surface area contributed by atoms with Crippen molar-refractivity contribution in [2.24, 2.45) is 0 Å². The molecule has 1 radical (unpaired) electrons. The Kier molecular flexibility index (Phi) is 2.86. The van der Waals surface area contributed by atoms with E-state index in [1.54, 1.807) is 6.07 Å². The van der Waals surface area contributed by atoms with Crippen LogP contribution in [0, 0.1) is 19.9 Å². The Hall–Kier alpha value is -1.89. The van der Waals surface area contributed by atoms with Crippen LogP contribution in [0.3, 0.4) is 0 Å². The molecular formula is C15H13O. The Bertz CT molecular complexity index is 526. The van der Waals surface area contributed by atoms with Crippen molar-refractivity contribution < 1.29 is 4.79 Å². The van der Waals surface area contributed by atoms with Crippen LogP contribution < -0.4 is 0 Å². The molecule has 0 atom stereocenters. The number of carbonyl (C=O) groups is 1. The minimum atomic E-state index is 0.0433. The first-order valence-corrected chi connectivity index (χ1v) is 5.27. The summed E-state index contributed by atoms with van der Waals surface area (Å²) in [4.78, 5) is 12.2. The molecule has 1 nitrogen and oxygen atoms in total. The van der Waals surface area contributed by atoms with Crippen LogP contribution >= 0.6 is 0 Å². The summed E-state index contributed by atoms with van der Waals surface area (Å²) in [5.74, 6) is 0.0433. The zero-order valence-corrected chi connectivity index (χ0v) is 9.45. The van der Waals surface area contributed by atoms with E-state index in [0.717, 1.165) is 16.7 Å². The Morgan fingerprint density at radius 1 is 1.12 bits per heavy atom. The number of ketones is 1. The van der Waals surface area contributed by atoms with Gasteiger partial charge in [0.15, 0.2) is 5.78 Å². The third kappa shape index (κ3) is 2.03. The Morgan fingerprint density at radius 3 is 2.62 bits per heavy atom. The number of hydrogen-bond acceptors (Lipinski definition) is 1. The first-order valence-electron chi connectivity index (χ1n) is 5.27. The zero-order valence-electron chi connectivity index (χ0n) is 9.45. The highest BCUT2D eigenvalue weighted by Gasteiger charge is 2.10. The van der Waals surface area contributed by atoms with Gasteiger partial charge in [0, 0.05) is 11.1 Å². The third-order valence-corrected chi connectivity index (χ3v) is 2.57. The maximum atomic E-state index is 12.2. The maximum absolute atomic E-state index is 12.2. The Morgan fingerprint density at radius 2 is 1.94 bits per heavy atom. The molecule has 1 heteroatoms. The normalized spacial score (nSPS) is 10.1. The molecule has 2 aromatic rings. The van der Waals surface area contributed by atoms with Gasteiger partial charge >= 0.3 is 0 Å². The summed E-state index contributed by atoms with van der Waals surface area (Å²) in [5, 5.41) is 0. The SMILES string of the molecule is Cc1cccc(C(=O)c2[c]cccc2C)c1. The van der Waals surface area contributed by atoms with Crippen LogP contribution in [-0.2, 0) is 0 Å². The smallest absolute Gasteiger partial charge is 0.193 e. The van der Waals surface area contributed by atoms with Crippen molar-refractivity contribution >= 4 is 5.78 Å². The zero-order chi connectivity index (χ0) is 11.5. The van der Waals surface area contributed by atoms with Crippen molar-refractivity contribution in [3.8, 4) is 0 Å². The van der Waals surface area contributed by atoms with Crippen molar-refractivity contribution in [2.75, 3.05) is 0 Å². The van der Waals surface area contributed by atoms with E-state index >= 15 is 0 Å². The quantitative estimate of drug-likeness (QED) is 0.693. The highest BCUT2D eigenvalue weighted by Crippen LogP contribution is 2.14. The summed E-state index contributed by atoms with van der Waals surface area (Å²) in [6, 6.07) is 16.2. The fourth-order valence-electron chi connectivity index (χ4n) is 1.70. The predicted octanol–water partition coefficient (Wildman–Crippen LogP) is 3.33. The van der Waals surface area contributed by atoms with E-state index in [9.17, 15) is 4.79 Å². The Balaban J connectivity index is 2.44. The number of benzene rings is 2. The van der Waals surface area contributed by atoms with Crippen LogP contribution in [0.2, 0.25) is 0 Å². The lowest BCUT2D eigenvalue weighted by Crippen LogP contribution is -2.03. The van der Waals surface area contributed by atoms with Crippen molar-refractivity contribution in [1.82, 2.24) is 0 Å². The first-order chi connectivity index (χ1) is 7.68. The fourth-order valence-corrected chi connectivity index (χ4v) is 1.70. The number of rotatable bonds is 2. The molecule has 0 spiro atoms. The fraction of sp³-hybridized carbons (Fsp3) is 0.133. The van der Waals surface area contributed by atoms with Crippen LogP contribution in [-0.4, -0.2) is 5.78 Å². The van der Waals surface area contributed by atoms with Gasteiger partial charge in [-0.25, -0.2) is 0 Å². The standard InChI is InChI=1S/C15H13O/c1-11-6-5-8-13(10-11)15(16)14-9-4-3-7-12(14)2/h3-8,10H,1-2H3. The molecule has 0 aliphatic carbocycles. The van der Waals surface area contributed by atoms with Gasteiger partial charge in [-0.15, -0.1) is 0 Å². The van der Waals surface area contributed by atoms with E-state index in [2.05, 4.69) is 6.07 Å². The highest BCUT2D eigenvalue weighted by atomic mass is 16.1. The minimum absolute atomic E-state index is 0.0433. The van der Waals surface area contributed by atoms with Crippen LogP contribution in [0.15, 0.2) is 42.5 Å². The Labute approximate surface area is 95.7 Å². The van der Waals surface area contributed by atoms with Crippen LogP contribution in [0.1, 0.15) is 27.0 Å². The molecule has 2 aromatic carbocycles. The molecule has 0 aliphatic heterocycles. The summed E-state index contributed by atoms with van der Waals surface area (Å²) in [6.45, 7) is 3.91. The molecule has 2 rings (SSSR count). The molecule has 0 unspecified atom stereocenters. The first kappa shape index (κ1) is 10.6. The maximum Gasteiger partial charge on any atom is 0.193 e. The van der Waals surface area contributed by atoms with Gasteiger partial charge in [0.2, 0.25) is 0 Å². The lowest BCUT2D eigenvalue weighted by Gasteiger charge is -2.04. The van der Waals surface area contributed by atoms with Gasteiger partial charge in [-0.3, -0.25) is 4.79 Å². The second-order valence-corrected chi connectivity index (χ2v) is 3.93. The molecule has 0 aliphatic rings. The van der Waals surface area contributed by atoms with Crippen molar-refractivity contribution in [3.63, 3.8) is 0 Å². The van der Waals surface area contributed by atoms with E-state index in [4.69, 9.17) is 0 Å². The van der Waals surface area contributed by atoms with Gasteiger partial charge in [0.25, 0.3) is 0 Å². The largest absolute Gasteiger partial charge is 0.289 e. The van der Waals surface area contributed by atoms with Gasteiger partial charge in [-0.2, -0.15) is 0 Å². The van der Waals surface area contributed by atoms with Gasteiger partial charge < -0.3 is 0 Å². The second kappa shape index (κ2) is 4.31. The van der Waals surface area contributed by atoms with Crippen LogP contribution in [0.4, 0.5) is 0 Å². The summed E-state index contributed by atoms with van der Waals surface area (Å²) < 4.78 is 0. The molecule has 0 N–H and O–H groups in total. The lowest BCUT2D eigenvalue weighted by molar-refractivity contribution is 0.103. The molecule has 0 aromatic heterocycles. The molecule has 0 amide bonds. The summed E-state index contributed by atoms with van der Waals surface area (Å²) in [6.07, 6.45) is 0. The van der Waals surface area contributed by atoms with Gasteiger partial charge in [-0.05, 0) is 31.5 Å². The number of carbonyl (C=O) groups excluding carboxylic acids is 1. The molecule has 16 heavy (non-hydrogen) atoms. The average Bonchev–Trinajstić information content (AvgIpc) is 2.29. The van der Waals surface area contributed by atoms with Gasteiger partial charge in [0.05, 0.1) is 0 Å². The molecule has 79 valence electrons. The molecule has 0 saturated heterocycles. The van der Waals surface area contributed by atoms with Crippen molar-refractivity contribution in [3.05, 3.63) is 70.8 Å². The molecule has 0 saturated carbocycles. The van der Waals surface area contributed by atoms with Crippen molar-refractivity contribution in [2.45, 2.75) is 13.8 Å². The van der Waals surface area contributed by atoms with E-state index in [1.165, 1.54) is 0 Å².